The first-order valence-corrected chi connectivity index (χ1v) is 6.86. The molecule has 3 rings (SSSR count). The number of aliphatic carboxylic acids is 1. The van der Waals surface area contributed by atoms with Gasteiger partial charge >= 0.3 is 5.97 Å². The van der Waals surface area contributed by atoms with Crippen LogP contribution in [-0.2, 0) is 17.8 Å². The SMILES string of the molecule is O=Cc1c(OCc2ccccc2)ccc2c1OC(C(=O)O)C2. The molecule has 2 aromatic carbocycles. The summed E-state index contributed by atoms with van der Waals surface area (Å²) in [5, 5.41) is 9.03. The molecule has 1 unspecified atom stereocenters. The molecule has 0 saturated heterocycles. The highest BCUT2D eigenvalue weighted by Crippen LogP contribution is 2.37. The van der Waals surface area contributed by atoms with Gasteiger partial charge in [-0.15, -0.1) is 0 Å². The number of hydrogen-bond donors (Lipinski definition) is 1. The number of ether oxygens (including phenoxy) is 2. The number of carbonyl (C=O) groups excluding carboxylic acids is 1. The summed E-state index contributed by atoms with van der Waals surface area (Å²) in [5.41, 5.74) is 1.95. The van der Waals surface area contributed by atoms with E-state index >= 15 is 0 Å². The van der Waals surface area contributed by atoms with Gasteiger partial charge in [-0.3, -0.25) is 4.79 Å². The Hall–Kier alpha value is -2.82. The Balaban J connectivity index is 1.83. The predicted octanol–water partition coefficient (Wildman–Crippen LogP) is 2.47. The number of rotatable bonds is 5. The van der Waals surface area contributed by atoms with E-state index in [1.165, 1.54) is 0 Å². The van der Waals surface area contributed by atoms with Gasteiger partial charge in [-0.2, -0.15) is 0 Å². The fourth-order valence-electron chi connectivity index (χ4n) is 2.42. The van der Waals surface area contributed by atoms with Gasteiger partial charge in [0.05, 0.1) is 5.56 Å². The molecule has 0 amide bonds. The van der Waals surface area contributed by atoms with Crippen LogP contribution in [-0.4, -0.2) is 23.5 Å². The number of hydrogen-bond acceptors (Lipinski definition) is 4. The highest BCUT2D eigenvalue weighted by molar-refractivity contribution is 5.86. The highest BCUT2D eigenvalue weighted by Gasteiger charge is 2.31. The largest absolute Gasteiger partial charge is 0.488 e. The second-order valence-corrected chi connectivity index (χ2v) is 5.01. The van der Waals surface area contributed by atoms with Gasteiger partial charge in [0.15, 0.2) is 12.4 Å². The lowest BCUT2D eigenvalue weighted by molar-refractivity contribution is -0.144. The zero-order valence-corrected chi connectivity index (χ0v) is 11.7. The molecule has 1 atom stereocenters. The summed E-state index contributed by atoms with van der Waals surface area (Å²) in [7, 11) is 0. The number of benzene rings is 2. The molecule has 1 aliphatic heterocycles. The van der Waals surface area contributed by atoms with E-state index in [1.807, 2.05) is 30.3 Å². The average Bonchev–Trinajstić information content (AvgIpc) is 2.97. The normalized spacial score (nSPS) is 15.7. The second-order valence-electron chi connectivity index (χ2n) is 5.01. The Morgan fingerprint density at radius 2 is 2.05 bits per heavy atom. The van der Waals surface area contributed by atoms with Crippen LogP contribution in [0.4, 0.5) is 0 Å². The lowest BCUT2D eigenvalue weighted by Crippen LogP contribution is -2.24. The topological polar surface area (TPSA) is 72.8 Å². The standard InChI is InChI=1S/C17H14O5/c18-9-13-14(21-10-11-4-2-1-3-5-11)7-6-12-8-15(17(19)20)22-16(12)13/h1-7,9,15H,8,10H2,(H,19,20). The van der Waals surface area contributed by atoms with Crippen LogP contribution in [0.15, 0.2) is 42.5 Å². The molecule has 2 aromatic rings. The number of carboxylic acids is 1. The zero-order chi connectivity index (χ0) is 15.5. The van der Waals surface area contributed by atoms with Gasteiger partial charge in [-0.05, 0) is 17.2 Å². The van der Waals surface area contributed by atoms with Crippen LogP contribution in [0.5, 0.6) is 11.5 Å². The van der Waals surface area contributed by atoms with E-state index in [1.54, 1.807) is 12.1 Å². The summed E-state index contributed by atoms with van der Waals surface area (Å²) in [4.78, 5) is 22.4. The average molecular weight is 298 g/mol. The Bertz CT molecular complexity index is 708. The van der Waals surface area contributed by atoms with Crippen LogP contribution in [0.25, 0.3) is 0 Å². The van der Waals surface area contributed by atoms with Crippen molar-refractivity contribution in [2.75, 3.05) is 0 Å². The number of carbonyl (C=O) groups is 2. The fourth-order valence-corrected chi connectivity index (χ4v) is 2.42. The first kappa shape index (κ1) is 14.1. The van der Waals surface area contributed by atoms with Crippen molar-refractivity contribution in [1.82, 2.24) is 0 Å². The van der Waals surface area contributed by atoms with Crippen LogP contribution >= 0.6 is 0 Å². The smallest absolute Gasteiger partial charge is 0.345 e. The minimum atomic E-state index is -1.04. The van der Waals surface area contributed by atoms with Crippen molar-refractivity contribution in [3.8, 4) is 11.5 Å². The van der Waals surface area contributed by atoms with E-state index in [0.29, 0.717) is 30.0 Å². The van der Waals surface area contributed by atoms with Gasteiger partial charge in [0, 0.05) is 6.42 Å². The van der Waals surface area contributed by atoms with E-state index < -0.39 is 12.1 Å². The molecule has 1 aliphatic rings. The maximum Gasteiger partial charge on any atom is 0.345 e. The van der Waals surface area contributed by atoms with Crippen molar-refractivity contribution < 1.29 is 24.2 Å². The van der Waals surface area contributed by atoms with Crippen LogP contribution in [0.1, 0.15) is 21.5 Å². The van der Waals surface area contributed by atoms with E-state index in [4.69, 9.17) is 14.6 Å². The summed E-state index contributed by atoms with van der Waals surface area (Å²) in [5.74, 6) is -0.337. The minimum Gasteiger partial charge on any atom is -0.488 e. The van der Waals surface area contributed by atoms with Gasteiger partial charge in [0.2, 0.25) is 0 Å². The maximum atomic E-state index is 11.4. The van der Waals surface area contributed by atoms with E-state index in [2.05, 4.69) is 0 Å². The monoisotopic (exact) mass is 298 g/mol. The second kappa shape index (κ2) is 5.89. The van der Waals surface area contributed by atoms with Crippen molar-refractivity contribution in [1.29, 1.82) is 0 Å². The summed E-state index contributed by atoms with van der Waals surface area (Å²) >= 11 is 0. The predicted molar refractivity (Wildman–Crippen MR) is 78.4 cm³/mol. The van der Waals surface area contributed by atoms with E-state index in [9.17, 15) is 9.59 Å². The van der Waals surface area contributed by atoms with Crippen molar-refractivity contribution in [3.63, 3.8) is 0 Å². The molecule has 22 heavy (non-hydrogen) atoms. The number of fused-ring (bicyclic) bond motifs is 1. The molecule has 0 bridgehead atoms. The van der Waals surface area contributed by atoms with Crippen LogP contribution in [0, 0.1) is 0 Å². The molecule has 0 fully saturated rings. The maximum absolute atomic E-state index is 11.4. The molecular weight excluding hydrogens is 284 g/mol. The first-order chi connectivity index (χ1) is 10.7. The Morgan fingerprint density at radius 3 is 2.73 bits per heavy atom. The van der Waals surface area contributed by atoms with Gasteiger partial charge in [-0.25, -0.2) is 4.79 Å². The molecular formula is C17H14O5. The quantitative estimate of drug-likeness (QED) is 0.858. The van der Waals surface area contributed by atoms with Crippen LogP contribution in [0.3, 0.4) is 0 Å². The van der Waals surface area contributed by atoms with Crippen LogP contribution < -0.4 is 9.47 Å². The molecule has 1 heterocycles. The molecule has 0 aromatic heterocycles. The third kappa shape index (κ3) is 2.65. The van der Waals surface area contributed by atoms with E-state index in [0.717, 1.165) is 5.56 Å². The first-order valence-electron chi connectivity index (χ1n) is 6.86. The summed E-state index contributed by atoms with van der Waals surface area (Å²) < 4.78 is 11.0. The lowest BCUT2D eigenvalue weighted by atomic mass is 10.1. The van der Waals surface area contributed by atoms with Crippen molar-refractivity contribution in [2.45, 2.75) is 19.1 Å². The van der Waals surface area contributed by atoms with Gasteiger partial charge in [-0.1, -0.05) is 36.4 Å². The Labute approximate surface area is 127 Å². The fraction of sp³-hybridized carbons (Fsp3) is 0.176. The molecule has 5 nitrogen and oxygen atoms in total. The van der Waals surface area contributed by atoms with Crippen molar-refractivity contribution >= 4 is 12.3 Å². The summed E-state index contributed by atoms with van der Waals surface area (Å²) in [6.07, 6.45) is -0.0495. The summed E-state index contributed by atoms with van der Waals surface area (Å²) in [6.45, 7) is 0.322. The zero-order valence-electron chi connectivity index (χ0n) is 11.7. The molecule has 0 aliphatic carbocycles. The summed E-state index contributed by atoms with van der Waals surface area (Å²) in [6, 6.07) is 13.0. The third-order valence-corrected chi connectivity index (χ3v) is 3.53. The highest BCUT2D eigenvalue weighted by atomic mass is 16.5. The van der Waals surface area contributed by atoms with Gasteiger partial charge in [0.25, 0.3) is 0 Å². The Morgan fingerprint density at radius 1 is 1.27 bits per heavy atom. The van der Waals surface area contributed by atoms with Crippen molar-refractivity contribution in [3.05, 3.63) is 59.2 Å². The molecule has 5 heteroatoms. The van der Waals surface area contributed by atoms with Gasteiger partial charge < -0.3 is 14.6 Å². The van der Waals surface area contributed by atoms with E-state index in [-0.39, 0.29) is 12.0 Å². The minimum absolute atomic E-state index is 0.254. The van der Waals surface area contributed by atoms with Crippen LogP contribution in [0.2, 0.25) is 0 Å². The van der Waals surface area contributed by atoms with Crippen molar-refractivity contribution in [2.24, 2.45) is 0 Å². The lowest BCUT2D eigenvalue weighted by Gasteiger charge is -2.12. The molecule has 0 saturated carbocycles. The Kier molecular flexibility index (Phi) is 3.78. The number of carboxylic acid groups (broad SMARTS) is 1. The third-order valence-electron chi connectivity index (χ3n) is 3.53. The molecule has 112 valence electrons. The molecule has 0 radical (unpaired) electrons. The number of aldehydes is 1. The molecule has 0 spiro atoms. The van der Waals surface area contributed by atoms with Gasteiger partial charge in [0.1, 0.15) is 18.1 Å². The molecule has 1 N–H and O–H groups in total.